The van der Waals surface area contributed by atoms with E-state index in [0.29, 0.717) is 5.56 Å². The zero-order chi connectivity index (χ0) is 15.5. The van der Waals surface area contributed by atoms with Gasteiger partial charge >= 0.3 is 6.18 Å². The summed E-state index contributed by atoms with van der Waals surface area (Å²) in [5.74, 6) is -1.08. The molecule has 1 aliphatic carbocycles. The molecule has 0 saturated heterocycles. The first-order chi connectivity index (χ1) is 9.93. The van der Waals surface area contributed by atoms with Crippen molar-refractivity contribution >= 4 is 0 Å². The van der Waals surface area contributed by atoms with Gasteiger partial charge in [0.25, 0.3) is 0 Å². The second kappa shape index (κ2) is 6.77. The molecule has 0 spiro atoms. The highest BCUT2D eigenvalue weighted by atomic mass is 19.4. The van der Waals surface area contributed by atoms with E-state index < -0.39 is 17.6 Å². The molecule has 0 aliphatic heterocycles. The lowest BCUT2D eigenvalue weighted by atomic mass is 9.87. The predicted molar refractivity (Wildman–Crippen MR) is 74.7 cm³/mol. The quantitative estimate of drug-likeness (QED) is 0.620. The molecule has 5 heteroatoms. The molecule has 2 unspecified atom stereocenters. The third-order valence-corrected chi connectivity index (χ3v) is 4.21. The van der Waals surface area contributed by atoms with Crippen molar-refractivity contribution in [2.45, 2.75) is 57.2 Å². The average Bonchev–Trinajstić information content (AvgIpc) is 2.63. The number of likely N-dealkylation sites (N-methyl/N-ethyl adjacent to an activating group) is 1. The molecule has 118 valence electrons. The lowest BCUT2D eigenvalue weighted by molar-refractivity contribution is -0.140. The van der Waals surface area contributed by atoms with Gasteiger partial charge in [0.15, 0.2) is 0 Å². The van der Waals surface area contributed by atoms with Crippen LogP contribution in [-0.4, -0.2) is 12.6 Å². The molecule has 1 fully saturated rings. The molecule has 1 N–H and O–H groups in total. The van der Waals surface area contributed by atoms with Gasteiger partial charge in [0.1, 0.15) is 5.82 Å². The van der Waals surface area contributed by atoms with Crippen molar-refractivity contribution in [2.75, 3.05) is 6.54 Å². The summed E-state index contributed by atoms with van der Waals surface area (Å²) < 4.78 is 51.7. The van der Waals surface area contributed by atoms with Gasteiger partial charge in [0.2, 0.25) is 0 Å². The predicted octanol–water partition coefficient (Wildman–Crippen LogP) is 4.87. The largest absolute Gasteiger partial charge is 0.419 e. The summed E-state index contributed by atoms with van der Waals surface area (Å²) in [5.41, 5.74) is -0.506. The van der Waals surface area contributed by atoms with Crippen LogP contribution >= 0.6 is 0 Å². The molecule has 1 aliphatic rings. The molecular formula is C16H21F4N. The Bertz CT molecular complexity index is 470. The SMILES string of the molecule is CCNC1CCCCCC1c1ccc(C(F)(F)F)c(F)c1. The zero-order valence-electron chi connectivity index (χ0n) is 12.1. The summed E-state index contributed by atoms with van der Waals surface area (Å²) in [4.78, 5) is 0. The van der Waals surface area contributed by atoms with Gasteiger partial charge in [-0.25, -0.2) is 4.39 Å². The van der Waals surface area contributed by atoms with Crippen LogP contribution in [0.5, 0.6) is 0 Å². The Morgan fingerprint density at radius 2 is 1.86 bits per heavy atom. The molecule has 21 heavy (non-hydrogen) atoms. The van der Waals surface area contributed by atoms with E-state index in [0.717, 1.165) is 50.8 Å². The van der Waals surface area contributed by atoms with Crippen LogP contribution in [0.4, 0.5) is 17.6 Å². The van der Waals surface area contributed by atoms with Crippen molar-refractivity contribution in [3.05, 3.63) is 35.1 Å². The van der Waals surface area contributed by atoms with Crippen LogP contribution in [0.15, 0.2) is 18.2 Å². The summed E-state index contributed by atoms with van der Waals surface area (Å²) in [7, 11) is 0. The summed E-state index contributed by atoms with van der Waals surface area (Å²) >= 11 is 0. The highest BCUT2D eigenvalue weighted by molar-refractivity contribution is 5.30. The van der Waals surface area contributed by atoms with E-state index in [1.165, 1.54) is 6.07 Å². The highest BCUT2D eigenvalue weighted by Gasteiger charge is 2.34. The van der Waals surface area contributed by atoms with Gasteiger partial charge in [-0.2, -0.15) is 13.2 Å². The van der Waals surface area contributed by atoms with Gasteiger partial charge < -0.3 is 5.32 Å². The maximum atomic E-state index is 13.8. The maximum Gasteiger partial charge on any atom is 0.419 e. The van der Waals surface area contributed by atoms with Gasteiger partial charge in [-0.1, -0.05) is 32.3 Å². The number of halogens is 4. The van der Waals surface area contributed by atoms with Crippen LogP contribution in [0, 0.1) is 5.82 Å². The van der Waals surface area contributed by atoms with Crippen molar-refractivity contribution in [3.8, 4) is 0 Å². The molecule has 0 heterocycles. The van der Waals surface area contributed by atoms with Crippen molar-refractivity contribution in [1.29, 1.82) is 0 Å². The van der Waals surface area contributed by atoms with Crippen molar-refractivity contribution < 1.29 is 17.6 Å². The van der Waals surface area contributed by atoms with Crippen molar-refractivity contribution in [1.82, 2.24) is 5.32 Å². The van der Waals surface area contributed by atoms with Gasteiger partial charge in [-0.05, 0) is 43.0 Å². The molecule has 1 aromatic rings. The van der Waals surface area contributed by atoms with E-state index in [2.05, 4.69) is 5.32 Å². The Morgan fingerprint density at radius 3 is 2.48 bits per heavy atom. The van der Waals surface area contributed by atoms with Gasteiger partial charge in [-0.3, -0.25) is 0 Å². The average molecular weight is 303 g/mol. The van der Waals surface area contributed by atoms with E-state index >= 15 is 0 Å². The minimum atomic E-state index is -4.63. The number of rotatable bonds is 3. The standard InChI is InChI=1S/C16H21F4N/c1-2-21-15-7-5-3-4-6-12(15)11-8-9-13(14(17)10-11)16(18,19)20/h8-10,12,15,21H,2-7H2,1H3. The molecule has 0 bridgehead atoms. The number of alkyl halides is 3. The molecule has 0 amide bonds. The van der Waals surface area contributed by atoms with Crippen LogP contribution in [0.1, 0.15) is 56.1 Å². The molecular weight excluding hydrogens is 282 g/mol. The highest BCUT2D eigenvalue weighted by Crippen LogP contribution is 2.36. The second-order valence-corrected chi connectivity index (χ2v) is 5.65. The van der Waals surface area contributed by atoms with Crippen LogP contribution in [0.2, 0.25) is 0 Å². The monoisotopic (exact) mass is 303 g/mol. The number of benzene rings is 1. The summed E-state index contributed by atoms with van der Waals surface area (Å²) in [5, 5.41) is 3.39. The summed E-state index contributed by atoms with van der Waals surface area (Å²) in [6.07, 6.45) is 0.519. The fourth-order valence-electron chi connectivity index (χ4n) is 3.21. The van der Waals surface area contributed by atoms with Crippen LogP contribution in [0.25, 0.3) is 0 Å². The van der Waals surface area contributed by atoms with Crippen LogP contribution in [0.3, 0.4) is 0 Å². The maximum absolute atomic E-state index is 13.8. The van der Waals surface area contributed by atoms with Crippen molar-refractivity contribution in [3.63, 3.8) is 0 Å². The van der Waals surface area contributed by atoms with Gasteiger partial charge in [0.05, 0.1) is 5.56 Å². The summed E-state index contributed by atoms with van der Waals surface area (Å²) in [6, 6.07) is 3.60. The zero-order valence-corrected chi connectivity index (χ0v) is 12.1. The fourth-order valence-corrected chi connectivity index (χ4v) is 3.21. The minimum Gasteiger partial charge on any atom is -0.314 e. The Hall–Kier alpha value is -1.10. The van der Waals surface area contributed by atoms with E-state index in [9.17, 15) is 17.6 Å². The Morgan fingerprint density at radius 1 is 1.14 bits per heavy atom. The topological polar surface area (TPSA) is 12.0 Å². The van der Waals surface area contributed by atoms with E-state index in [4.69, 9.17) is 0 Å². The Kier molecular flexibility index (Phi) is 5.25. The van der Waals surface area contributed by atoms with Gasteiger partial charge in [-0.15, -0.1) is 0 Å². The molecule has 1 nitrogen and oxygen atoms in total. The number of hydrogen-bond acceptors (Lipinski definition) is 1. The van der Waals surface area contributed by atoms with Crippen LogP contribution < -0.4 is 5.32 Å². The second-order valence-electron chi connectivity index (χ2n) is 5.65. The Balaban J connectivity index is 2.28. The van der Waals surface area contributed by atoms with Crippen molar-refractivity contribution in [2.24, 2.45) is 0 Å². The third kappa shape index (κ3) is 3.96. The smallest absolute Gasteiger partial charge is 0.314 e. The first-order valence-corrected chi connectivity index (χ1v) is 7.53. The molecule has 0 radical (unpaired) electrons. The van der Waals surface area contributed by atoms with E-state index in [-0.39, 0.29) is 12.0 Å². The molecule has 2 rings (SSSR count). The molecule has 1 saturated carbocycles. The fraction of sp³-hybridized carbons (Fsp3) is 0.625. The minimum absolute atomic E-state index is 0.0873. The lowest BCUT2D eigenvalue weighted by Crippen LogP contribution is -2.34. The molecule has 0 aromatic heterocycles. The molecule has 1 aromatic carbocycles. The third-order valence-electron chi connectivity index (χ3n) is 4.21. The van der Waals surface area contributed by atoms with Gasteiger partial charge in [0, 0.05) is 6.04 Å². The molecule has 2 atom stereocenters. The normalized spacial score (nSPS) is 23.9. The van der Waals surface area contributed by atoms with E-state index in [1.54, 1.807) is 0 Å². The first kappa shape index (κ1) is 16.3. The summed E-state index contributed by atoms with van der Waals surface area (Å²) in [6.45, 7) is 2.82. The van der Waals surface area contributed by atoms with Crippen LogP contribution in [-0.2, 0) is 6.18 Å². The number of nitrogens with one attached hydrogen (secondary N) is 1. The Labute approximate surface area is 122 Å². The lowest BCUT2D eigenvalue weighted by Gasteiger charge is -2.26. The first-order valence-electron chi connectivity index (χ1n) is 7.53. The van der Waals surface area contributed by atoms with E-state index in [1.807, 2.05) is 6.92 Å². The number of hydrogen-bond donors (Lipinski definition) is 1.